The van der Waals surface area contributed by atoms with Crippen molar-refractivity contribution in [1.82, 2.24) is 39.4 Å². The monoisotopic (exact) mass is 578 g/mol. The number of hydrogen-bond acceptors (Lipinski definition) is 8. The molecule has 1 aliphatic rings. The number of H-pyrrole nitrogens is 1. The molecule has 1 saturated carbocycles. The van der Waals surface area contributed by atoms with E-state index in [4.69, 9.17) is 19.4 Å². The molecule has 0 atom stereocenters. The Hall–Kier alpha value is -4.52. The zero-order valence-electron chi connectivity index (χ0n) is 23.5. The number of fused-ring (bicyclic) bond motifs is 1. The SMILES string of the molecule is COc1ncnc(C2CC2)c1-c1nc(OCc2ccc(-c3nc(C(F)(F)F)cn3C)cc2)c2c(CN(C)C)c[nH]c2n1. The first-order chi connectivity index (χ1) is 20.1. The second-order valence-electron chi connectivity index (χ2n) is 10.6. The van der Waals surface area contributed by atoms with Crippen molar-refractivity contribution in [1.29, 1.82) is 0 Å². The van der Waals surface area contributed by atoms with E-state index in [-0.39, 0.29) is 12.4 Å². The van der Waals surface area contributed by atoms with Crippen LogP contribution in [-0.4, -0.2) is 60.6 Å². The molecule has 13 heteroatoms. The highest BCUT2D eigenvalue weighted by Crippen LogP contribution is 2.45. The third-order valence-corrected chi connectivity index (χ3v) is 7.04. The molecule has 6 rings (SSSR count). The van der Waals surface area contributed by atoms with E-state index in [9.17, 15) is 13.2 Å². The highest BCUT2D eigenvalue weighted by atomic mass is 19.4. The molecule has 0 radical (unpaired) electrons. The van der Waals surface area contributed by atoms with E-state index in [2.05, 4.69) is 19.9 Å². The molecule has 42 heavy (non-hydrogen) atoms. The van der Waals surface area contributed by atoms with Crippen molar-refractivity contribution >= 4 is 11.0 Å². The normalized spacial score (nSPS) is 13.7. The smallest absolute Gasteiger partial charge is 0.434 e. The van der Waals surface area contributed by atoms with Crippen LogP contribution in [0.4, 0.5) is 13.2 Å². The van der Waals surface area contributed by atoms with Gasteiger partial charge in [0, 0.05) is 37.5 Å². The van der Waals surface area contributed by atoms with Gasteiger partial charge in [0.15, 0.2) is 11.5 Å². The van der Waals surface area contributed by atoms with Gasteiger partial charge >= 0.3 is 6.18 Å². The average molecular weight is 579 g/mol. The Morgan fingerprint density at radius 3 is 2.45 bits per heavy atom. The summed E-state index contributed by atoms with van der Waals surface area (Å²) in [5.41, 5.74) is 3.53. The molecule has 10 nitrogen and oxygen atoms in total. The fraction of sp³-hybridized carbons (Fsp3) is 0.345. The molecule has 0 bridgehead atoms. The maximum Gasteiger partial charge on any atom is 0.434 e. The number of imidazole rings is 1. The molecule has 1 aromatic carbocycles. The van der Waals surface area contributed by atoms with Crippen LogP contribution in [0.1, 0.15) is 41.3 Å². The van der Waals surface area contributed by atoms with E-state index in [1.807, 2.05) is 25.2 Å². The lowest BCUT2D eigenvalue weighted by atomic mass is 10.1. The van der Waals surface area contributed by atoms with Crippen molar-refractivity contribution in [3.05, 3.63) is 65.5 Å². The minimum atomic E-state index is -4.51. The van der Waals surface area contributed by atoms with Gasteiger partial charge in [-0.25, -0.2) is 19.9 Å². The molecule has 0 saturated heterocycles. The van der Waals surface area contributed by atoms with Crippen LogP contribution in [0.5, 0.6) is 11.8 Å². The van der Waals surface area contributed by atoms with Crippen LogP contribution >= 0.6 is 0 Å². The second-order valence-corrected chi connectivity index (χ2v) is 10.6. The van der Waals surface area contributed by atoms with E-state index < -0.39 is 11.9 Å². The van der Waals surface area contributed by atoms with Crippen LogP contribution < -0.4 is 9.47 Å². The standard InChI is InChI=1S/C29H29F3N8O2/c1-39(2)12-19-11-33-24-21(19)28(38-25(37-24)22-23(17-9-10-17)34-15-35-27(22)41-4)42-14-16-5-7-18(8-6-16)26-36-20(13-40(26)3)29(30,31)32/h5-8,11,13,15,17H,9-10,12,14H2,1-4H3,(H,33,37,38). The summed E-state index contributed by atoms with van der Waals surface area (Å²) >= 11 is 0. The van der Waals surface area contributed by atoms with Gasteiger partial charge < -0.3 is 23.9 Å². The Kier molecular flexibility index (Phi) is 7.05. The summed E-state index contributed by atoms with van der Waals surface area (Å²) in [5, 5.41) is 0.764. The Morgan fingerprint density at radius 1 is 1.05 bits per heavy atom. The van der Waals surface area contributed by atoms with E-state index in [1.165, 1.54) is 17.9 Å². The summed E-state index contributed by atoms with van der Waals surface area (Å²) in [5.74, 6) is 1.72. The minimum Gasteiger partial charge on any atom is -0.480 e. The largest absolute Gasteiger partial charge is 0.480 e. The first kappa shape index (κ1) is 27.6. The minimum absolute atomic E-state index is 0.171. The molecule has 0 amide bonds. The number of nitrogens with zero attached hydrogens (tertiary/aromatic N) is 7. The van der Waals surface area contributed by atoms with Gasteiger partial charge in [0.25, 0.3) is 0 Å². The molecular weight excluding hydrogens is 549 g/mol. The van der Waals surface area contributed by atoms with Crippen LogP contribution in [-0.2, 0) is 26.4 Å². The number of aromatic nitrogens is 7. The zero-order chi connectivity index (χ0) is 29.6. The highest BCUT2D eigenvalue weighted by Gasteiger charge is 2.35. The average Bonchev–Trinajstić information content (AvgIpc) is 3.62. The Labute approximate surface area is 239 Å². The molecule has 0 aliphatic heterocycles. The summed E-state index contributed by atoms with van der Waals surface area (Å²) in [6.07, 6.45) is 1.92. The van der Waals surface area contributed by atoms with Crippen LogP contribution in [0.15, 0.2) is 43.0 Å². The van der Waals surface area contributed by atoms with E-state index >= 15 is 0 Å². The molecule has 5 aromatic rings. The van der Waals surface area contributed by atoms with Crippen LogP contribution in [0, 0.1) is 0 Å². The molecule has 0 spiro atoms. The predicted octanol–water partition coefficient (Wildman–Crippen LogP) is 5.36. The lowest BCUT2D eigenvalue weighted by Gasteiger charge is -2.14. The maximum absolute atomic E-state index is 13.1. The first-order valence-corrected chi connectivity index (χ1v) is 13.4. The Bertz CT molecular complexity index is 1740. The fourth-order valence-electron chi connectivity index (χ4n) is 4.93. The predicted molar refractivity (Wildman–Crippen MR) is 149 cm³/mol. The highest BCUT2D eigenvalue weighted by molar-refractivity contribution is 5.87. The summed E-state index contributed by atoms with van der Waals surface area (Å²) in [4.78, 5) is 27.6. The molecule has 218 valence electrons. The van der Waals surface area contributed by atoms with Crippen LogP contribution in [0.25, 0.3) is 33.8 Å². The van der Waals surface area contributed by atoms with Crippen molar-refractivity contribution in [3.8, 4) is 34.5 Å². The number of alkyl halides is 3. The van der Waals surface area contributed by atoms with Gasteiger partial charge in [-0.1, -0.05) is 24.3 Å². The summed E-state index contributed by atoms with van der Waals surface area (Å²) in [6.45, 7) is 0.813. The van der Waals surface area contributed by atoms with Crippen molar-refractivity contribution in [2.75, 3.05) is 21.2 Å². The first-order valence-electron chi connectivity index (χ1n) is 13.4. The van der Waals surface area contributed by atoms with Gasteiger partial charge in [-0.15, -0.1) is 0 Å². The lowest BCUT2D eigenvalue weighted by Crippen LogP contribution is -2.11. The van der Waals surface area contributed by atoms with Crippen LogP contribution in [0.3, 0.4) is 0 Å². The molecule has 4 heterocycles. The van der Waals surface area contributed by atoms with E-state index in [1.54, 1.807) is 31.4 Å². The van der Waals surface area contributed by atoms with Gasteiger partial charge in [0.1, 0.15) is 30.0 Å². The number of ether oxygens (including phenoxy) is 2. The van der Waals surface area contributed by atoms with Gasteiger partial charge in [0.05, 0.1) is 18.2 Å². The van der Waals surface area contributed by atoms with E-state index in [0.29, 0.717) is 46.8 Å². The van der Waals surface area contributed by atoms with Gasteiger partial charge in [-0.3, -0.25) is 0 Å². The van der Waals surface area contributed by atoms with E-state index in [0.717, 1.165) is 41.2 Å². The lowest BCUT2D eigenvalue weighted by molar-refractivity contribution is -0.140. The number of aromatic amines is 1. The number of methoxy groups -OCH3 is 1. The summed E-state index contributed by atoms with van der Waals surface area (Å²) in [7, 11) is 7.05. The number of halogens is 3. The number of aryl methyl sites for hydroxylation is 1. The molecule has 0 unspecified atom stereocenters. The molecule has 1 N–H and O–H groups in total. The number of benzene rings is 1. The quantitative estimate of drug-likeness (QED) is 0.249. The van der Waals surface area contributed by atoms with Crippen molar-refractivity contribution in [2.24, 2.45) is 7.05 Å². The number of hydrogen-bond donors (Lipinski definition) is 1. The molecular formula is C29H29F3N8O2. The van der Waals surface area contributed by atoms with Gasteiger partial charge in [0.2, 0.25) is 11.8 Å². The molecule has 1 fully saturated rings. The third-order valence-electron chi connectivity index (χ3n) is 7.04. The summed E-state index contributed by atoms with van der Waals surface area (Å²) < 4.78 is 52.6. The maximum atomic E-state index is 13.1. The Balaban J connectivity index is 1.34. The topological polar surface area (TPSA) is 107 Å². The Morgan fingerprint density at radius 2 is 1.81 bits per heavy atom. The van der Waals surface area contributed by atoms with Crippen molar-refractivity contribution in [2.45, 2.75) is 38.1 Å². The second kappa shape index (κ2) is 10.7. The van der Waals surface area contributed by atoms with Gasteiger partial charge in [-0.2, -0.15) is 18.2 Å². The molecule has 4 aromatic heterocycles. The fourth-order valence-corrected chi connectivity index (χ4v) is 4.93. The van der Waals surface area contributed by atoms with Crippen molar-refractivity contribution < 1.29 is 22.6 Å². The number of nitrogens with one attached hydrogen (secondary N) is 1. The van der Waals surface area contributed by atoms with Crippen molar-refractivity contribution in [3.63, 3.8) is 0 Å². The molecule has 1 aliphatic carbocycles. The van der Waals surface area contributed by atoms with Gasteiger partial charge in [-0.05, 0) is 38.1 Å². The zero-order valence-corrected chi connectivity index (χ0v) is 23.5. The third kappa shape index (κ3) is 5.39. The summed E-state index contributed by atoms with van der Waals surface area (Å²) in [6, 6.07) is 7.05. The number of rotatable bonds is 9. The van der Waals surface area contributed by atoms with Crippen LogP contribution in [0.2, 0.25) is 0 Å².